The molecular weight excluding hydrogens is 276 g/mol. The van der Waals surface area contributed by atoms with Crippen molar-refractivity contribution in [2.75, 3.05) is 19.6 Å². The Kier molecular flexibility index (Phi) is 5.00. The summed E-state index contributed by atoms with van der Waals surface area (Å²) in [6, 6.07) is 6.55. The van der Waals surface area contributed by atoms with Crippen LogP contribution in [0.25, 0.3) is 0 Å². The predicted octanol–water partition coefficient (Wildman–Crippen LogP) is 3.85. The number of likely N-dealkylation sites (tertiary alicyclic amines) is 1. The van der Waals surface area contributed by atoms with Gasteiger partial charge in [-0.3, -0.25) is 10.1 Å². The summed E-state index contributed by atoms with van der Waals surface area (Å²) in [5, 5.41) is 10.5. The molecule has 0 saturated carbocycles. The van der Waals surface area contributed by atoms with Crippen LogP contribution in [0.5, 0.6) is 0 Å². The second kappa shape index (κ2) is 6.55. The molecule has 1 aromatic carbocycles. The lowest BCUT2D eigenvalue weighted by molar-refractivity contribution is -0.384. The third-order valence-electron chi connectivity index (χ3n) is 3.83. The maximum absolute atomic E-state index is 10.6. The molecule has 1 saturated heterocycles. The lowest BCUT2D eigenvalue weighted by Gasteiger charge is -2.36. The van der Waals surface area contributed by atoms with E-state index in [2.05, 4.69) is 18.7 Å². The number of rotatable bonds is 4. The molecule has 4 nitrogen and oxygen atoms in total. The molecule has 0 bridgehead atoms. The van der Waals surface area contributed by atoms with E-state index in [-0.39, 0.29) is 16.0 Å². The first kappa shape index (κ1) is 15.3. The first-order chi connectivity index (χ1) is 9.45. The van der Waals surface area contributed by atoms with Gasteiger partial charge in [0.25, 0.3) is 5.69 Å². The standard InChI is InChI=1S/C15H21ClN2O2/c1-11-7-12(2)9-17(8-11)10-15(16)13-3-5-14(6-4-13)18(19)20/h3-6,11-12,15H,7-10H2,1-2H3. The highest BCUT2D eigenvalue weighted by Gasteiger charge is 2.24. The maximum atomic E-state index is 10.6. The van der Waals surface area contributed by atoms with Gasteiger partial charge in [0.1, 0.15) is 0 Å². The Hall–Kier alpha value is -1.13. The van der Waals surface area contributed by atoms with Gasteiger partial charge < -0.3 is 4.90 Å². The monoisotopic (exact) mass is 296 g/mol. The van der Waals surface area contributed by atoms with Crippen LogP contribution < -0.4 is 0 Å². The van der Waals surface area contributed by atoms with Crippen molar-refractivity contribution in [3.8, 4) is 0 Å². The fraction of sp³-hybridized carbons (Fsp3) is 0.600. The highest BCUT2D eigenvalue weighted by atomic mass is 35.5. The Balaban J connectivity index is 1.97. The minimum absolute atomic E-state index is 0.109. The number of nitro benzene ring substituents is 1. The summed E-state index contributed by atoms with van der Waals surface area (Å²) in [4.78, 5) is 12.6. The average Bonchev–Trinajstić information content (AvgIpc) is 2.37. The molecule has 1 aliphatic rings. The number of halogens is 1. The quantitative estimate of drug-likeness (QED) is 0.481. The Morgan fingerprint density at radius 1 is 1.30 bits per heavy atom. The smallest absolute Gasteiger partial charge is 0.269 e. The number of non-ortho nitro benzene ring substituents is 1. The van der Waals surface area contributed by atoms with Gasteiger partial charge in [0.05, 0.1) is 10.3 Å². The first-order valence-corrected chi connectivity index (χ1v) is 7.50. The summed E-state index contributed by atoms with van der Waals surface area (Å²) in [5.41, 5.74) is 1.06. The zero-order valence-corrected chi connectivity index (χ0v) is 12.7. The number of nitro groups is 1. The van der Waals surface area contributed by atoms with Crippen molar-refractivity contribution in [3.63, 3.8) is 0 Å². The summed E-state index contributed by atoms with van der Waals surface area (Å²) < 4.78 is 0. The van der Waals surface area contributed by atoms with Crippen molar-refractivity contribution in [2.24, 2.45) is 11.8 Å². The van der Waals surface area contributed by atoms with E-state index < -0.39 is 0 Å². The molecule has 0 radical (unpaired) electrons. The topological polar surface area (TPSA) is 46.4 Å². The van der Waals surface area contributed by atoms with Gasteiger partial charge in [-0.1, -0.05) is 26.0 Å². The third-order valence-corrected chi connectivity index (χ3v) is 4.22. The summed E-state index contributed by atoms with van der Waals surface area (Å²) in [7, 11) is 0. The van der Waals surface area contributed by atoms with Crippen LogP contribution in [0.3, 0.4) is 0 Å². The number of piperidine rings is 1. The molecule has 5 heteroatoms. The molecule has 0 N–H and O–H groups in total. The summed E-state index contributed by atoms with van der Waals surface area (Å²) in [6.07, 6.45) is 1.28. The summed E-state index contributed by atoms with van der Waals surface area (Å²) in [6.45, 7) is 7.52. The van der Waals surface area contributed by atoms with Crippen molar-refractivity contribution in [3.05, 3.63) is 39.9 Å². The third kappa shape index (κ3) is 3.93. The van der Waals surface area contributed by atoms with Gasteiger partial charge in [-0.15, -0.1) is 11.6 Å². The zero-order valence-electron chi connectivity index (χ0n) is 12.0. The fourth-order valence-corrected chi connectivity index (χ4v) is 3.42. The van der Waals surface area contributed by atoms with Gasteiger partial charge in [0, 0.05) is 31.8 Å². The minimum atomic E-state index is -0.388. The molecule has 3 atom stereocenters. The molecule has 1 fully saturated rings. The fourth-order valence-electron chi connectivity index (χ4n) is 3.08. The van der Waals surface area contributed by atoms with Crippen LogP contribution in [0, 0.1) is 22.0 Å². The molecule has 0 aliphatic carbocycles. The minimum Gasteiger partial charge on any atom is -0.301 e. The summed E-state index contributed by atoms with van der Waals surface area (Å²) >= 11 is 6.46. The van der Waals surface area contributed by atoms with Gasteiger partial charge in [-0.05, 0) is 23.8 Å². The molecule has 0 aromatic heterocycles. The van der Waals surface area contributed by atoms with Crippen LogP contribution in [0.1, 0.15) is 31.2 Å². The van der Waals surface area contributed by atoms with Gasteiger partial charge in [0.2, 0.25) is 0 Å². The first-order valence-electron chi connectivity index (χ1n) is 7.06. The van der Waals surface area contributed by atoms with E-state index in [1.165, 1.54) is 18.6 Å². The second-order valence-corrected chi connectivity index (χ2v) is 6.51. The van der Waals surface area contributed by atoms with Crippen molar-refractivity contribution in [1.82, 2.24) is 4.90 Å². The molecule has 3 unspecified atom stereocenters. The van der Waals surface area contributed by atoms with E-state index in [1.807, 2.05) is 0 Å². The SMILES string of the molecule is CC1CC(C)CN(CC(Cl)c2ccc([N+](=O)[O-])cc2)C1. The highest BCUT2D eigenvalue weighted by molar-refractivity contribution is 6.21. The van der Waals surface area contributed by atoms with E-state index >= 15 is 0 Å². The van der Waals surface area contributed by atoms with E-state index in [4.69, 9.17) is 11.6 Å². The van der Waals surface area contributed by atoms with Crippen molar-refractivity contribution < 1.29 is 4.92 Å². The molecule has 110 valence electrons. The van der Waals surface area contributed by atoms with Crippen molar-refractivity contribution in [1.29, 1.82) is 0 Å². The van der Waals surface area contributed by atoms with Crippen LogP contribution in [-0.4, -0.2) is 29.5 Å². The van der Waals surface area contributed by atoms with E-state index in [1.54, 1.807) is 12.1 Å². The lowest BCUT2D eigenvalue weighted by atomic mass is 9.91. The normalized spacial score (nSPS) is 25.4. The molecular formula is C15H21ClN2O2. The van der Waals surface area contributed by atoms with Crippen LogP contribution in [-0.2, 0) is 0 Å². The Bertz CT molecular complexity index is 453. The Morgan fingerprint density at radius 3 is 2.35 bits per heavy atom. The molecule has 0 amide bonds. The number of alkyl halides is 1. The van der Waals surface area contributed by atoms with Gasteiger partial charge in [-0.2, -0.15) is 0 Å². The van der Waals surface area contributed by atoms with E-state index in [9.17, 15) is 10.1 Å². The number of benzene rings is 1. The van der Waals surface area contributed by atoms with Gasteiger partial charge >= 0.3 is 0 Å². The average molecular weight is 297 g/mol. The summed E-state index contributed by atoms with van der Waals surface area (Å²) in [5.74, 6) is 1.42. The molecule has 20 heavy (non-hydrogen) atoms. The largest absolute Gasteiger partial charge is 0.301 e. The van der Waals surface area contributed by atoms with Gasteiger partial charge in [0.15, 0.2) is 0 Å². The van der Waals surface area contributed by atoms with Crippen molar-refractivity contribution >= 4 is 17.3 Å². The second-order valence-electron chi connectivity index (χ2n) is 5.98. The maximum Gasteiger partial charge on any atom is 0.269 e. The zero-order chi connectivity index (χ0) is 14.7. The van der Waals surface area contributed by atoms with Crippen molar-refractivity contribution in [2.45, 2.75) is 25.6 Å². The van der Waals surface area contributed by atoms with Crippen LogP contribution in [0.4, 0.5) is 5.69 Å². The molecule has 1 aromatic rings. The number of nitrogens with zero attached hydrogens (tertiary/aromatic N) is 2. The van der Waals surface area contributed by atoms with Crippen LogP contribution >= 0.6 is 11.6 Å². The number of hydrogen-bond donors (Lipinski definition) is 0. The van der Waals surface area contributed by atoms with Gasteiger partial charge in [-0.25, -0.2) is 0 Å². The van der Waals surface area contributed by atoms with Crippen LogP contribution in [0.2, 0.25) is 0 Å². The molecule has 1 aliphatic heterocycles. The molecule has 1 heterocycles. The predicted molar refractivity (Wildman–Crippen MR) is 81.1 cm³/mol. The lowest BCUT2D eigenvalue weighted by Crippen LogP contribution is -2.40. The Labute approximate surface area is 124 Å². The molecule has 2 rings (SSSR count). The number of hydrogen-bond acceptors (Lipinski definition) is 3. The Morgan fingerprint density at radius 2 is 1.85 bits per heavy atom. The van der Waals surface area contributed by atoms with Crippen LogP contribution in [0.15, 0.2) is 24.3 Å². The van der Waals surface area contributed by atoms with E-state index in [0.717, 1.165) is 25.2 Å². The van der Waals surface area contributed by atoms with E-state index in [0.29, 0.717) is 11.8 Å². The highest BCUT2D eigenvalue weighted by Crippen LogP contribution is 2.27. The molecule has 0 spiro atoms.